The molecule has 0 radical (unpaired) electrons. The molecule has 1 saturated carbocycles. The van der Waals surface area contributed by atoms with Crippen molar-refractivity contribution >= 4 is 16.8 Å². The van der Waals surface area contributed by atoms with Crippen LogP contribution in [0.15, 0.2) is 48.7 Å². The number of nitrogens with one attached hydrogen (secondary N) is 2. The van der Waals surface area contributed by atoms with E-state index >= 15 is 0 Å². The number of amides is 1. The summed E-state index contributed by atoms with van der Waals surface area (Å²) >= 11 is 0. The Labute approximate surface area is 145 Å². The maximum atomic E-state index is 13.6. The summed E-state index contributed by atoms with van der Waals surface area (Å²) in [7, 11) is 1.59. The number of benzene rings is 2. The first-order valence-corrected chi connectivity index (χ1v) is 8.31. The van der Waals surface area contributed by atoms with Crippen molar-refractivity contribution < 1.29 is 13.9 Å². The van der Waals surface area contributed by atoms with E-state index in [4.69, 9.17) is 4.74 Å². The first-order valence-electron chi connectivity index (χ1n) is 8.31. The predicted molar refractivity (Wildman–Crippen MR) is 94.5 cm³/mol. The number of aromatic amines is 1. The van der Waals surface area contributed by atoms with Gasteiger partial charge < -0.3 is 15.0 Å². The standard InChI is InChI=1S/C20H19FN2O2/c1-25-15-5-2-13(3-6-15)19(24)23-12-20(8-9-20)17-11-22-18-7-4-14(21)10-16(17)18/h2-7,10-11,22H,8-9,12H2,1H3,(H,23,24). The lowest BCUT2D eigenvalue weighted by atomic mass is 9.95. The van der Waals surface area contributed by atoms with Gasteiger partial charge in [-0.05, 0) is 60.9 Å². The van der Waals surface area contributed by atoms with Gasteiger partial charge in [0.15, 0.2) is 0 Å². The molecule has 1 heterocycles. The number of halogens is 1. The van der Waals surface area contributed by atoms with Crippen molar-refractivity contribution in [3.05, 3.63) is 65.6 Å². The Balaban J connectivity index is 1.51. The third-order valence-electron chi connectivity index (χ3n) is 5.01. The summed E-state index contributed by atoms with van der Waals surface area (Å²) in [5.41, 5.74) is 2.50. The van der Waals surface area contributed by atoms with Gasteiger partial charge in [-0.1, -0.05) is 0 Å². The molecule has 1 aliphatic carbocycles. The molecule has 25 heavy (non-hydrogen) atoms. The molecule has 1 amide bonds. The summed E-state index contributed by atoms with van der Waals surface area (Å²) < 4.78 is 18.7. The van der Waals surface area contributed by atoms with Crippen molar-refractivity contribution in [1.29, 1.82) is 0 Å². The Bertz CT molecular complexity index is 927. The molecule has 0 spiro atoms. The zero-order chi connectivity index (χ0) is 17.4. The van der Waals surface area contributed by atoms with Crippen LogP contribution in [0.1, 0.15) is 28.8 Å². The second-order valence-electron chi connectivity index (χ2n) is 6.58. The monoisotopic (exact) mass is 338 g/mol. The van der Waals surface area contributed by atoms with E-state index in [9.17, 15) is 9.18 Å². The van der Waals surface area contributed by atoms with Gasteiger partial charge in [0.05, 0.1) is 7.11 Å². The molecule has 4 rings (SSSR count). The van der Waals surface area contributed by atoms with Gasteiger partial charge >= 0.3 is 0 Å². The van der Waals surface area contributed by atoms with E-state index in [-0.39, 0.29) is 17.1 Å². The average Bonchev–Trinajstić information content (AvgIpc) is 3.31. The fourth-order valence-electron chi connectivity index (χ4n) is 3.32. The highest BCUT2D eigenvalue weighted by Crippen LogP contribution is 2.50. The molecule has 1 fully saturated rings. The van der Waals surface area contributed by atoms with Crippen molar-refractivity contribution in [3.63, 3.8) is 0 Å². The molecule has 0 saturated heterocycles. The SMILES string of the molecule is COc1ccc(C(=O)NCC2(c3c[nH]c4ccc(F)cc34)CC2)cc1. The molecule has 0 aliphatic heterocycles. The van der Waals surface area contributed by atoms with Gasteiger partial charge in [-0.2, -0.15) is 0 Å². The molecule has 0 atom stereocenters. The maximum absolute atomic E-state index is 13.6. The van der Waals surface area contributed by atoms with E-state index in [0.29, 0.717) is 12.1 Å². The fourth-order valence-corrected chi connectivity index (χ4v) is 3.32. The van der Waals surface area contributed by atoms with Crippen LogP contribution in [-0.2, 0) is 5.41 Å². The van der Waals surface area contributed by atoms with Gasteiger partial charge in [-0.25, -0.2) is 4.39 Å². The topological polar surface area (TPSA) is 54.1 Å². The summed E-state index contributed by atoms with van der Waals surface area (Å²) in [5.74, 6) is 0.363. The van der Waals surface area contributed by atoms with Gasteiger partial charge in [0.25, 0.3) is 5.91 Å². The smallest absolute Gasteiger partial charge is 0.251 e. The largest absolute Gasteiger partial charge is 0.497 e. The molecule has 0 unspecified atom stereocenters. The quantitative estimate of drug-likeness (QED) is 0.744. The van der Waals surface area contributed by atoms with Crippen molar-refractivity contribution in [2.45, 2.75) is 18.3 Å². The minimum Gasteiger partial charge on any atom is -0.497 e. The number of ether oxygens (including phenoxy) is 1. The van der Waals surface area contributed by atoms with Gasteiger partial charge in [0, 0.05) is 34.6 Å². The third-order valence-corrected chi connectivity index (χ3v) is 5.01. The lowest BCUT2D eigenvalue weighted by Crippen LogP contribution is -2.32. The molecule has 128 valence electrons. The molecule has 2 N–H and O–H groups in total. The number of aromatic nitrogens is 1. The normalized spacial score (nSPS) is 15.1. The van der Waals surface area contributed by atoms with Crippen molar-refractivity contribution in [1.82, 2.24) is 10.3 Å². The Morgan fingerprint density at radius 3 is 2.68 bits per heavy atom. The number of fused-ring (bicyclic) bond motifs is 1. The molecular formula is C20H19FN2O2. The second kappa shape index (κ2) is 5.92. The number of H-pyrrole nitrogens is 1. The predicted octanol–water partition coefficient (Wildman–Crippen LogP) is 3.78. The van der Waals surface area contributed by atoms with Gasteiger partial charge in [-0.3, -0.25) is 4.79 Å². The van der Waals surface area contributed by atoms with E-state index in [0.717, 1.165) is 35.1 Å². The lowest BCUT2D eigenvalue weighted by Gasteiger charge is -2.16. The lowest BCUT2D eigenvalue weighted by molar-refractivity contribution is 0.0949. The molecule has 4 nitrogen and oxygen atoms in total. The summed E-state index contributed by atoms with van der Waals surface area (Å²) in [5, 5.41) is 3.92. The van der Waals surface area contributed by atoms with E-state index in [1.807, 2.05) is 6.20 Å². The number of rotatable bonds is 5. The molecular weight excluding hydrogens is 319 g/mol. The van der Waals surface area contributed by atoms with Crippen LogP contribution < -0.4 is 10.1 Å². The fraction of sp³-hybridized carbons (Fsp3) is 0.250. The van der Waals surface area contributed by atoms with Gasteiger partial charge in [0.2, 0.25) is 0 Å². The molecule has 5 heteroatoms. The van der Waals surface area contributed by atoms with E-state index in [2.05, 4.69) is 10.3 Å². The molecule has 0 bridgehead atoms. The van der Waals surface area contributed by atoms with Crippen LogP contribution in [0, 0.1) is 5.82 Å². The number of carbonyl (C=O) groups is 1. The summed E-state index contributed by atoms with van der Waals surface area (Å²) in [6, 6.07) is 11.8. The Kier molecular flexibility index (Phi) is 3.71. The Morgan fingerprint density at radius 1 is 1.24 bits per heavy atom. The first kappa shape index (κ1) is 15.7. The number of hydrogen-bond acceptors (Lipinski definition) is 2. The van der Waals surface area contributed by atoms with Crippen LogP contribution in [0.2, 0.25) is 0 Å². The minimum absolute atomic E-state index is 0.103. The van der Waals surface area contributed by atoms with Crippen molar-refractivity contribution in [2.24, 2.45) is 0 Å². The van der Waals surface area contributed by atoms with Crippen molar-refractivity contribution in [2.75, 3.05) is 13.7 Å². The zero-order valence-corrected chi connectivity index (χ0v) is 13.9. The average molecular weight is 338 g/mol. The van der Waals surface area contributed by atoms with E-state index < -0.39 is 0 Å². The minimum atomic E-state index is -0.244. The van der Waals surface area contributed by atoms with Crippen molar-refractivity contribution in [3.8, 4) is 5.75 Å². The van der Waals surface area contributed by atoms with Crippen LogP contribution in [0.4, 0.5) is 4.39 Å². The number of hydrogen-bond donors (Lipinski definition) is 2. The van der Waals surface area contributed by atoms with E-state index in [1.54, 1.807) is 43.5 Å². The van der Waals surface area contributed by atoms with Gasteiger partial charge in [-0.15, -0.1) is 0 Å². The highest BCUT2D eigenvalue weighted by Gasteiger charge is 2.45. The second-order valence-corrected chi connectivity index (χ2v) is 6.58. The van der Waals surface area contributed by atoms with Crippen LogP contribution in [0.5, 0.6) is 5.75 Å². The zero-order valence-electron chi connectivity index (χ0n) is 13.9. The summed E-state index contributed by atoms with van der Waals surface area (Å²) in [6.45, 7) is 0.543. The Hall–Kier alpha value is -2.82. The molecule has 1 aromatic heterocycles. The number of carbonyl (C=O) groups excluding carboxylic acids is 1. The van der Waals surface area contributed by atoms with Crippen LogP contribution in [-0.4, -0.2) is 24.5 Å². The van der Waals surface area contributed by atoms with Crippen LogP contribution in [0.25, 0.3) is 10.9 Å². The highest BCUT2D eigenvalue weighted by atomic mass is 19.1. The van der Waals surface area contributed by atoms with E-state index in [1.165, 1.54) is 6.07 Å². The molecule has 1 aliphatic rings. The first-order chi connectivity index (χ1) is 12.1. The maximum Gasteiger partial charge on any atom is 0.251 e. The Morgan fingerprint density at radius 2 is 2.00 bits per heavy atom. The molecule has 2 aromatic carbocycles. The number of methoxy groups -OCH3 is 1. The van der Waals surface area contributed by atoms with Crippen LogP contribution in [0.3, 0.4) is 0 Å². The highest BCUT2D eigenvalue weighted by molar-refractivity contribution is 5.94. The van der Waals surface area contributed by atoms with Crippen LogP contribution >= 0.6 is 0 Å². The molecule has 3 aromatic rings. The summed E-state index contributed by atoms with van der Waals surface area (Å²) in [6.07, 6.45) is 3.91. The third kappa shape index (κ3) is 2.86. The summed E-state index contributed by atoms with van der Waals surface area (Å²) in [4.78, 5) is 15.6. The van der Waals surface area contributed by atoms with Gasteiger partial charge in [0.1, 0.15) is 11.6 Å².